The van der Waals surface area contributed by atoms with Gasteiger partial charge in [-0.25, -0.2) is 19.9 Å². The summed E-state index contributed by atoms with van der Waals surface area (Å²) in [6.07, 6.45) is 6.96. The van der Waals surface area contributed by atoms with Crippen molar-refractivity contribution in [2.24, 2.45) is 0 Å². The molecule has 4 heterocycles. The van der Waals surface area contributed by atoms with Crippen molar-refractivity contribution < 1.29 is 0 Å². The summed E-state index contributed by atoms with van der Waals surface area (Å²) in [5.41, 5.74) is 4.42. The van der Waals surface area contributed by atoms with Crippen molar-refractivity contribution in [3.63, 3.8) is 0 Å². The van der Waals surface area contributed by atoms with Crippen molar-refractivity contribution in [2.75, 3.05) is 21.6 Å². The second kappa shape index (κ2) is 5.64. The van der Waals surface area contributed by atoms with Crippen LogP contribution in [0.4, 0.5) is 22.7 Å². The molecule has 2 aromatic heterocycles. The molecule has 0 aliphatic carbocycles. The van der Waals surface area contributed by atoms with E-state index in [1.54, 1.807) is 36.2 Å². The Labute approximate surface area is 147 Å². The Morgan fingerprint density at radius 2 is 1.33 bits per heavy atom. The van der Waals surface area contributed by atoms with Gasteiger partial charge in [-0.05, 0) is 18.2 Å². The van der Waals surface area contributed by atoms with Gasteiger partial charge in [0.1, 0.15) is 22.7 Å². The van der Waals surface area contributed by atoms with Crippen molar-refractivity contribution in [2.45, 2.75) is 10.1 Å². The molecule has 0 radical (unpaired) electrons. The van der Waals surface area contributed by atoms with E-state index in [9.17, 15) is 0 Å². The lowest BCUT2D eigenvalue weighted by Crippen LogP contribution is -2.15. The molecule has 2 aliphatic rings. The molecule has 8 heteroatoms. The zero-order valence-corrected chi connectivity index (χ0v) is 14.2. The Morgan fingerprint density at radius 1 is 0.792 bits per heavy atom. The summed E-state index contributed by atoms with van der Waals surface area (Å²) in [5.74, 6) is 1.71. The summed E-state index contributed by atoms with van der Waals surface area (Å²) >= 11 is 3.47. The Morgan fingerprint density at radius 3 is 1.88 bits per heavy atom. The van der Waals surface area contributed by atoms with Crippen LogP contribution in [0.25, 0.3) is 0 Å². The fraction of sp³-hybridized carbons (Fsp3) is 0.125. The minimum Gasteiger partial charge on any atom is -0.328 e. The first-order valence-corrected chi connectivity index (χ1v) is 9.38. The molecule has 0 unspecified atom stereocenters. The molecule has 0 N–H and O–H groups in total. The highest BCUT2D eigenvalue weighted by Gasteiger charge is 2.25. The average Bonchev–Trinajstić information content (AvgIpc) is 3.26. The molecule has 6 nitrogen and oxygen atoms in total. The second-order valence-electron chi connectivity index (χ2n) is 5.35. The van der Waals surface area contributed by atoms with Crippen LogP contribution in [0.5, 0.6) is 0 Å². The van der Waals surface area contributed by atoms with Crippen LogP contribution in [0.1, 0.15) is 0 Å². The molecular weight excluding hydrogens is 340 g/mol. The SMILES string of the molecule is c1cc(N2CSc3ncncc32)cc(N2CSc3ncncc32)c1. The molecule has 0 saturated carbocycles. The van der Waals surface area contributed by atoms with Gasteiger partial charge in [-0.1, -0.05) is 29.6 Å². The topological polar surface area (TPSA) is 58.0 Å². The molecule has 5 rings (SSSR count). The maximum Gasteiger partial charge on any atom is 0.125 e. The lowest BCUT2D eigenvalue weighted by atomic mass is 10.2. The van der Waals surface area contributed by atoms with Crippen LogP contribution in [0.2, 0.25) is 0 Å². The molecule has 0 bridgehead atoms. The molecule has 0 atom stereocenters. The fourth-order valence-corrected chi connectivity index (χ4v) is 4.81. The van der Waals surface area contributed by atoms with Crippen molar-refractivity contribution in [1.82, 2.24) is 19.9 Å². The summed E-state index contributed by atoms with van der Waals surface area (Å²) in [7, 11) is 0. The summed E-state index contributed by atoms with van der Waals surface area (Å²) in [6, 6.07) is 8.53. The highest BCUT2D eigenvalue weighted by atomic mass is 32.2. The van der Waals surface area contributed by atoms with Gasteiger partial charge in [-0.3, -0.25) is 0 Å². The number of hydrogen-bond donors (Lipinski definition) is 0. The summed E-state index contributed by atoms with van der Waals surface area (Å²) in [6.45, 7) is 0. The standard InChI is InChI=1S/C16H12N6S2/c1-2-11(21-9-23-15-13(21)5-17-7-19-15)4-12(3-1)22-10-24-16-14(22)6-18-8-20-16/h1-8H,9-10H2. The first-order valence-electron chi connectivity index (χ1n) is 7.41. The van der Waals surface area contributed by atoms with Crippen molar-refractivity contribution in [3.05, 3.63) is 49.3 Å². The highest BCUT2D eigenvalue weighted by molar-refractivity contribution is 8.00. The molecule has 0 amide bonds. The fourth-order valence-electron chi connectivity index (χ4n) is 2.86. The maximum absolute atomic E-state index is 4.34. The number of aromatic nitrogens is 4. The van der Waals surface area contributed by atoms with Gasteiger partial charge in [-0.15, -0.1) is 0 Å². The number of nitrogens with zero attached hydrogens (tertiary/aromatic N) is 6. The molecule has 0 fully saturated rings. The van der Waals surface area contributed by atoms with Gasteiger partial charge in [0.15, 0.2) is 0 Å². The average molecular weight is 352 g/mol. The highest BCUT2D eigenvalue weighted by Crippen LogP contribution is 2.44. The molecule has 1 aromatic carbocycles. The zero-order valence-electron chi connectivity index (χ0n) is 12.5. The van der Waals surface area contributed by atoms with Crippen molar-refractivity contribution in [3.8, 4) is 0 Å². The number of rotatable bonds is 2. The van der Waals surface area contributed by atoms with Crippen LogP contribution in [-0.4, -0.2) is 31.7 Å². The molecular formula is C16H12N6S2. The van der Waals surface area contributed by atoms with E-state index in [1.165, 1.54) is 0 Å². The normalized spacial score (nSPS) is 15.5. The quantitative estimate of drug-likeness (QED) is 0.648. The lowest BCUT2D eigenvalue weighted by molar-refractivity contribution is 1.02. The minimum absolute atomic E-state index is 0.853. The van der Waals surface area contributed by atoms with E-state index in [0.29, 0.717) is 0 Å². The largest absolute Gasteiger partial charge is 0.328 e. The van der Waals surface area contributed by atoms with Gasteiger partial charge in [0.05, 0.1) is 35.5 Å². The summed E-state index contributed by atoms with van der Waals surface area (Å²) in [4.78, 5) is 21.5. The van der Waals surface area contributed by atoms with Crippen molar-refractivity contribution in [1.29, 1.82) is 0 Å². The number of anilines is 4. The third-order valence-corrected chi connectivity index (χ3v) is 5.96. The van der Waals surface area contributed by atoms with Crippen LogP contribution in [0, 0.1) is 0 Å². The predicted molar refractivity (Wildman–Crippen MR) is 96.2 cm³/mol. The zero-order chi connectivity index (χ0) is 15.9. The number of thioether (sulfide) groups is 2. The van der Waals surface area contributed by atoms with Crippen molar-refractivity contribution >= 4 is 46.3 Å². The van der Waals surface area contributed by atoms with Gasteiger partial charge < -0.3 is 9.80 Å². The number of fused-ring (bicyclic) bond motifs is 2. The first kappa shape index (κ1) is 14.1. The Balaban J connectivity index is 1.52. The van der Waals surface area contributed by atoms with Gasteiger partial charge >= 0.3 is 0 Å². The Kier molecular flexibility index (Phi) is 3.30. The van der Waals surface area contributed by atoms with Gasteiger partial charge in [0, 0.05) is 11.4 Å². The van der Waals surface area contributed by atoms with E-state index in [0.717, 1.165) is 44.6 Å². The first-order chi connectivity index (χ1) is 11.9. The Bertz CT molecular complexity index is 848. The molecule has 0 spiro atoms. The number of benzene rings is 1. The molecule has 2 aliphatic heterocycles. The van der Waals surface area contributed by atoms with Crippen LogP contribution >= 0.6 is 23.5 Å². The van der Waals surface area contributed by atoms with Crippen LogP contribution in [0.3, 0.4) is 0 Å². The van der Waals surface area contributed by atoms with E-state index < -0.39 is 0 Å². The minimum atomic E-state index is 0.853. The third kappa shape index (κ3) is 2.22. The van der Waals surface area contributed by atoms with E-state index in [4.69, 9.17) is 0 Å². The molecule has 24 heavy (non-hydrogen) atoms. The smallest absolute Gasteiger partial charge is 0.125 e. The van der Waals surface area contributed by atoms with Crippen LogP contribution < -0.4 is 9.80 Å². The maximum atomic E-state index is 4.34. The third-order valence-electron chi connectivity index (χ3n) is 4.01. The summed E-state index contributed by atoms with van der Waals surface area (Å²) in [5, 5.41) is 2.07. The van der Waals surface area contributed by atoms with Crippen LogP contribution in [0.15, 0.2) is 59.4 Å². The van der Waals surface area contributed by atoms with Crippen LogP contribution in [-0.2, 0) is 0 Å². The monoisotopic (exact) mass is 352 g/mol. The van der Waals surface area contributed by atoms with E-state index in [2.05, 4.69) is 54.0 Å². The molecule has 3 aromatic rings. The van der Waals surface area contributed by atoms with Gasteiger partial charge in [0.2, 0.25) is 0 Å². The Hall–Kier alpha value is -2.32. The second-order valence-corrected chi connectivity index (χ2v) is 7.22. The molecule has 118 valence electrons. The predicted octanol–water partition coefficient (Wildman–Crippen LogP) is 3.67. The lowest BCUT2D eigenvalue weighted by Gasteiger charge is -2.22. The van der Waals surface area contributed by atoms with E-state index >= 15 is 0 Å². The van der Waals surface area contributed by atoms with E-state index in [-0.39, 0.29) is 0 Å². The van der Waals surface area contributed by atoms with Gasteiger partial charge in [0.25, 0.3) is 0 Å². The summed E-state index contributed by atoms with van der Waals surface area (Å²) < 4.78 is 0. The van der Waals surface area contributed by atoms with E-state index in [1.807, 2.05) is 12.4 Å². The van der Waals surface area contributed by atoms with Gasteiger partial charge in [-0.2, -0.15) is 0 Å². The molecule has 0 saturated heterocycles. The number of hydrogen-bond acceptors (Lipinski definition) is 8.